The second-order valence-corrected chi connectivity index (χ2v) is 4.71. The first-order valence-electron chi connectivity index (χ1n) is 5.53. The average Bonchev–Trinajstić information content (AvgIpc) is 2.30. The lowest BCUT2D eigenvalue weighted by atomic mass is 9.83. The monoisotopic (exact) mass is 280 g/mol. The van der Waals surface area contributed by atoms with Crippen molar-refractivity contribution in [1.82, 2.24) is 0 Å². The van der Waals surface area contributed by atoms with Crippen molar-refractivity contribution in [2.75, 3.05) is 45.5 Å². The number of ether oxygens (including phenoxy) is 3. The van der Waals surface area contributed by atoms with E-state index in [1.165, 1.54) is 0 Å². The number of methoxy groups -OCH3 is 1. The summed E-state index contributed by atoms with van der Waals surface area (Å²) in [6.07, 6.45) is 3.18. The van der Waals surface area contributed by atoms with Crippen molar-refractivity contribution in [3.63, 3.8) is 0 Å². The zero-order chi connectivity index (χ0) is 11.0. The predicted octanol–water partition coefficient (Wildman–Crippen LogP) is 2.23. The van der Waals surface area contributed by atoms with Gasteiger partial charge < -0.3 is 14.2 Å². The molecule has 0 spiro atoms. The minimum atomic E-state index is 0.297. The van der Waals surface area contributed by atoms with Crippen molar-refractivity contribution in [1.29, 1.82) is 0 Å². The van der Waals surface area contributed by atoms with Crippen LogP contribution in [0.5, 0.6) is 0 Å². The van der Waals surface area contributed by atoms with Crippen LogP contribution in [0.2, 0.25) is 0 Å². The van der Waals surface area contributed by atoms with Crippen LogP contribution in [0.1, 0.15) is 19.3 Å². The van der Waals surface area contributed by atoms with Crippen molar-refractivity contribution in [3.05, 3.63) is 0 Å². The maximum absolute atomic E-state index is 5.70. The van der Waals surface area contributed by atoms with Crippen LogP contribution in [0.3, 0.4) is 0 Å². The molecule has 1 saturated heterocycles. The Kier molecular flexibility index (Phi) is 6.81. The van der Waals surface area contributed by atoms with Gasteiger partial charge in [0.1, 0.15) is 0 Å². The van der Waals surface area contributed by atoms with Crippen molar-refractivity contribution >= 4 is 15.9 Å². The molecule has 0 aliphatic carbocycles. The molecule has 0 aromatic rings. The van der Waals surface area contributed by atoms with Gasteiger partial charge >= 0.3 is 0 Å². The molecule has 1 heterocycles. The van der Waals surface area contributed by atoms with E-state index in [0.717, 1.165) is 57.6 Å². The molecule has 0 unspecified atom stereocenters. The van der Waals surface area contributed by atoms with E-state index in [9.17, 15) is 0 Å². The summed E-state index contributed by atoms with van der Waals surface area (Å²) >= 11 is 3.59. The molecule has 0 aromatic carbocycles. The lowest BCUT2D eigenvalue weighted by Gasteiger charge is -2.35. The largest absolute Gasteiger partial charge is 0.385 e. The zero-order valence-corrected chi connectivity index (χ0v) is 11.1. The molecule has 0 saturated carbocycles. The van der Waals surface area contributed by atoms with E-state index in [0.29, 0.717) is 5.41 Å². The molecule has 0 bridgehead atoms. The minimum absolute atomic E-state index is 0.297. The fourth-order valence-corrected chi connectivity index (χ4v) is 2.44. The highest BCUT2D eigenvalue weighted by Crippen LogP contribution is 2.32. The normalized spacial score (nSPS) is 20.4. The molecule has 0 radical (unpaired) electrons. The summed E-state index contributed by atoms with van der Waals surface area (Å²) in [7, 11) is 1.72. The Morgan fingerprint density at radius 2 is 2.00 bits per heavy atom. The third-order valence-corrected chi connectivity index (χ3v) is 4.07. The SMILES string of the molecule is COCCCOCC1(CBr)CCOCC1. The second kappa shape index (κ2) is 7.60. The number of alkyl halides is 1. The number of hydrogen-bond donors (Lipinski definition) is 0. The van der Waals surface area contributed by atoms with Crippen molar-refractivity contribution < 1.29 is 14.2 Å². The summed E-state index contributed by atoms with van der Waals surface area (Å²) in [5.41, 5.74) is 0.297. The van der Waals surface area contributed by atoms with Gasteiger partial charge in [0.25, 0.3) is 0 Å². The maximum Gasteiger partial charge on any atom is 0.0532 e. The Bertz CT molecular complexity index is 158. The van der Waals surface area contributed by atoms with E-state index in [-0.39, 0.29) is 0 Å². The molecule has 0 atom stereocenters. The average molecular weight is 281 g/mol. The van der Waals surface area contributed by atoms with Gasteiger partial charge in [-0.1, -0.05) is 15.9 Å². The van der Waals surface area contributed by atoms with Crippen LogP contribution in [0.15, 0.2) is 0 Å². The van der Waals surface area contributed by atoms with Crippen LogP contribution < -0.4 is 0 Å². The summed E-state index contributed by atoms with van der Waals surface area (Å²) in [5.74, 6) is 0. The first kappa shape index (κ1) is 13.4. The van der Waals surface area contributed by atoms with Crippen LogP contribution in [0, 0.1) is 5.41 Å². The quantitative estimate of drug-likeness (QED) is 0.529. The van der Waals surface area contributed by atoms with Gasteiger partial charge in [0.2, 0.25) is 0 Å². The smallest absolute Gasteiger partial charge is 0.0532 e. The lowest BCUT2D eigenvalue weighted by Crippen LogP contribution is -2.35. The molecule has 1 rings (SSSR count). The van der Waals surface area contributed by atoms with Gasteiger partial charge in [0.05, 0.1) is 6.61 Å². The van der Waals surface area contributed by atoms with E-state index in [1.54, 1.807) is 7.11 Å². The van der Waals surface area contributed by atoms with Crippen molar-refractivity contribution in [2.24, 2.45) is 5.41 Å². The van der Waals surface area contributed by atoms with Crippen LogP contribution >= 0.6 is 15.9 Å². The van der Waals surface area contributed by atoms with E-state index in [2.05, 4.69) is 15.9 Å². The first-order chi connectivity index (χ1) is 7.33. The number of hydrogen-bond acceptors (Lipinski definition) is 3. The summed E-state index contributed by atoms with van der Waals surface area (Å²) < 4.78 is 16.1. The fourth-order valence-electron chi connectivity index (χ4n) is 1.71. The van der Waals surface area contributed by atoms with E-state index in [4.69, 9.17) is 14.2 Å². The zero-order valence-electron chi connectivity index (χ0n) is 9.47. The highest BCUT2D eigenvalue weighted by atomic mass is 79.9. The Balaban J connectivity index is 2.15. The molecule has 15 heavy (non-hydrogen) atoms. The highest BCUT2D eigenvalue weighted by molar-refractivity contribution is 9.09. The second-order valence-electron chi connectivity index (χ2n) is 4.14. The number of rotatable bonds is 7. The lowest BCUT2D eigenvalue weighted by molar-refractivity contribution is -0.0292. The van der Waals surface area contributed by atoms with Crippen molar-refractivity contribution in [3.8, 4) is 0 Å². The van der Waals surface area contributed by atoms with E-state index in [1.807, 2.05) is 0 Å². The molecular weight excluding hydrogens is 260 g/mol. The molecule has 90 valence electrons. The first-order valence-corrected chi connectivity index (χ1v) is 6.65. The third kappa shape index (κ3) is 4.81. The van der Waals surface area contributed by atoms with Gasteiger partial charge in [0, 0.05) is 44.3 Å². The highest BCUT2D eigenvalue weighted by Gasteiger charge is 2.31. The molecular formula is C11H21BrO3. The van der Waals surface area contributed by atoms with Gasteiger partial charge in [-0.3, -0.25) is 0 Å². The van der Waals surface area contributed by atoms with Crippen LogP contribution in [0.4, 0.5) is 0 Å². The molecule has 4 heteroatoms. The predicted molar refractivity (Wildman–Crippen MR) is 63.6 cm³/mol. The third-order valence-electron chi connectivity index (χ3n) is 2.88. The molecule has 0 aromatic heterocycles. The molecule has 1 fully saturated rings. The minimum Gasteiger partial charge on any atom is -0.385 e. The standard InChI is InChI=1S/C11H21BrO3/c1-13-5-2-6-15-10-11(9-12)3-7-14-8-4-11/h2-10H2,1H3. The Morgan fingerprint density at radius 3 is 2.60 bits per heavy atom. The maximum atomic E-state index is 5.70. The Labute approximate surface area is 101 Å². The fraction of sp³-hybridized carbons (Fsp3) is 1.00. The van der Waals surface area contributed by atoms with Gasteiger partial charge in [-0.2, -0.15) is 0 Å². The topological polar surface area (TPSA) is 27.7 Å². The Morgan fingerprint density at radius 1 is 1.27 bits per heavy atom. The molecule has 1 aliphatic heterocycles. The Hall–Kier alpha value is 0.360. The summed E-state index contributed by atoms with van der Waals surface area (Å²) in [4.78, 5) is 0. The summed E-state index contributed by atoms with van der Waals surface area (Å²) in [5, 5.41) is 1.01. The van der Waals surface area contributed by atoms with Crippen LogP contribution in [-0.2, 0) is 14.2 Å². The van der Waals surface area contributed by atoms with E-state index >= 15 is 0 Å². The molecule has 1 aliphatic rings. The van der Waals surface area contributed by atoms with E-state index < -0.39 is 0 Å². The van der Waals surface area contributed by atoms with Crippen LogP contribution in [-0.4, -0.2) is 45.5 Å². The van der Waals surface area contributed by atoms with Crippen molar-refractivity contribution in [2.45, 2.75) is 19.3 Å². The van der Waals surface area contributed by atoms with Crippen LogP contribution in [0.25, 0.3) is 0 Å². The molecule has 0 N–H and O–H groups in total. The summed E-state index contributed by atoms with van der Waals surface area (Å²) in [6.45, 7) is 4.15. The number of halogens is 1. The van der Waals surface area contributed by atoms with Gasteiger partial charge in [-0.15, -0.1) is 0 Å². The summed E-state index contributed by atoms with van der Waals surface area (Å²) in [6, 6.07) is 0. The molecule has 3 nitrogen and oxygen atoms in total. The van der Waals surface area contributed by atoms with Gasteiger partial charge in [-0.05, 0) is 19.3 Å². The van der Waals surface area contributed by atoms with Gasteiger partial charge in [0.15, 0.2) is 0 Å². The van der Waals surface area contributed by atoms with Gasteiger partial charge in [-0.25, -0.2) is 0 Å². The molecule has 0 amide bonds.